The maximum atomic E-state index is 6.07. The standard InChI is InChI=1S/C28H38O2S/c1-4-7-9-20-29-26-18-14-24(22-27(26)30-21-10-8-5-2)15-19-28(31)25-16-12-23(11-6-3)13-17-25/h12-19,22H,4-11,20-21H2,1-3H3. The van der Waals surface area contributed by atoms with Gasteiger partial charge in [0.05, 0.1) is 13.2 Å². The number of thiocarbonyl (C=S) groups is 1. The Morgan fingerprint density at radius 1 is 0.774 bits per heavy atom. The van der Waals surface area contributed by atoms with Gasteiger partial charge in [-0.2, -0.15) is 0 Å². The first kappa shape index (κ1) is 25.1. The van der Waals surface area contributed by atoms with Crippen molar-refractivity contribution in [2.75, 3.05) is 13.2 Å². The summed E-state index contributed by atoms with van der Waals surface area (Å²) in [6.45, 7) is 8.05. The van der Waals surface area contributed by atoms with Crippen LogP contribution in [-0.4, -0.2) is 18.1 Å². The average Bonchev–Trinajstić information content (AvgIpc) is 2.79. The van der Waals surface area contributed by atoms with Gasteiger partial charge in [0.25, 0.3) is 0 Å². The summed E-state index contributed by atoms with van der Waals surface area (Å²) in [5.41, 5.74) is 3.51. The van der Waals surface area contributed by atoms with Crippen LogP contribution in [0.2, 0.25) is 0 Å². The second-order valence-electron chi connectivity index (χ2n) is 7.96. The van der Waals surface area contributed by atoms with Crippen LogP contribution in [0.15, 0.2) is 48.5 Å². The molecule has 0 fully saturated rings. The van der Waals surface area contributed by atoms with E-state index in [1.165, 1.54) is 31.2 Å². The van der Waals surface area contributed by atoms with E-state index >= 15 is 0 Å². The predicted octanol–water partition coefficient (Wildman–Crippen LogP) is 8.21. The van der Waals surface area contributed by atoms with E-state index < -0.39 is 0 Å². The maximum Gasteiger partial charge on any atom is 0.161 e. The van der Waals surface area contributed by atoms with Crippen LogP contribution < -0.4 is 9.47 Å². The molecule has 0 radical (unpaired) electrons. The Bertz CT molecular complexity index is 808. The van der Waals surface area contributed by atoms with Crippen molar-refractivity contribution in [3.8, 4) is 11.5 Å². The van der Waals surface area contributed by atoms with Gasteiger partial charge >= 0.3 is 0 Å². The van der Waals surface area contributed by atoms with Gasteiger partial charge in [-0.25, -0.2) is 0 Å². The molecular weight excluding hydrogens is 400 g/mol. The molecule has 0 unspecified atom stereocenters. The highest BCUT2D eigenvalue weighted by Gasteiger charge is 2.07. The van der Waals surface area contributed by atoms with Crippen LogP contribution in [0.5, 0.6) is 11.5 Å². The predicted molar refractivity (Wildman–Crippen MR) is 138 cm³/mol. The topological polar surface area (TPSA) is 18.5 Å². The Kier molecular flexibility index (Phi) is 12.0. The summed E-state index contributed by atoms with van der Waals surface area (Å²) in [7, 11) is 0. The van der Waals surface area contributed by atoms with Gasteiger partial charge in [-0.3, -0.25) is 0 Å². The van der Waals surface area contributed by atoms with E-state index in [1.807, 2.05) is 12.1 Å². The zero-order chi connectivity index (χ0) is 22.3. The van der Waals surface area contributed by atoms with E-state index in [-0.39, 0.29) is 0 Å². The molecular formula is C28H38O2S. The molecule has 0 aliphatic carbocycles. The number of benzene rings is 2. The van der Waals surface area contributed by atoms with Crippen LogP contribution in [0, 0.1) is 0 Å². The number of ether oxygens (including phenoxy) is 2. The number of aryl methyl sites for hydroxylation is 1. The molecule has 0 saturated carbocycles. The fourth-order valence-electron chi connectivity index (χ4n) is 3.32. The molecule has 0 atom stereocenters. The molecule has 0 heterocycles. The van der Waals surface area contributed by atoms with Gasteiger partial charge in [-0.15, -0.1) is 0 Å². The number of hydrogen-bond acceptors (Lipinski definition) is 3. The lowest BCUT2D eigenvalue weighted by Crippen LogP contribution is -2.03. The SMILES string of the molecule is CCCCCOc1ccc(C=CC(=S)c2ccc(CCC)cc2)cc1OCCCCC. The minimum atomic E-state index is 0.717. The number of rotatable bonds is 15. The minimum absolute atomic E-state index is 0.717. The highest BCUT2D eigenvalue weighted by Crippen LogP contribution is 2.29. The number of unbranched alkanes of at least 4 members (excludes halogenated alkanes) is 4. The van der Waals surface area contributed by atoms with E-state index in [0.29, 0.717) is 0 Å². The van der Waals surface area contributed by atoms with Crippen molar-refractivity contribution >= 4 is 23.2 Å². The molecule has 2 aromatic carbocycles. The molecule has 3 heteroatoms. The van der Waals surface area contributed by atoms with Crippen molar-refractivity contribution in [2.24, 2.45) is 0 Å². The minimum Gasteiger partial charge on any atom is -0.490 e. The average molecular weight is 439 g/mol. The van der Waals surface area contributed by atoms with Gasteiger partial charge < -0.3 is 9.47 Å². The van der Waals surface area contributed by atoms with Crippen LogP contribution in [-0.2, 0) is 6.42 Å². The summed E-state index contributed by atoms with van der Waals surface area (Å²) in [6, 6.07) is 14.7. The molecule has 168 valence electrons. The number of hydrogen-bond donors (Lipinski definition) is 0. The van der Waals surface area contributed by atoms with Crippen molar-refractivity contribution in [2.45, 2.75) is 72.1 Å². The molecule has 2 rings (SSSR count). The van der Waals surface area contributed by atoms with Crippen LogP contribution in [0.3, 0.4) is 0 Å². The first-order chi connectivity index (χ1) is 15.2. The van der Waals surface area contributed by atoms with E-state index in [2.05, 4.69) is 63.2 Å². The summed E-state index contributed by atoms with van der Waals surface area (Å²) >= 11 is 5.62. The first-order valence-electron chi connectivity index (χ1n) is 11.9. The largest absolute Gasteiger partial charge is 0.490 e. The zero-order valence-corrected chi connectivity index (χ0v) is 20.3. The van der Waals surface area contributed by atoms with Crippen molar-refractivity contribution in [3.05, 3.63) is 65.2 Å². The Labute approximate surface area is 194 Å². The lowest BCUT2D eigenvalue weighted by atomic mass is 10.1. The van der Waals surface area contributed by atoms with Crippen molar-refractivity contribution in [1.29, 1.82) is 0 Å². The monoisotopic (exact) mass is 438 g/mol. The van der Waals surface area contributed by atoms with Crippen LogP contribution >= 0.6 is 12.2 Å². The Hall–Kier alpha value is -2.13. The van der Waals surface area contributed by atoms with Gasteiger partial charge in [0.2, 0.25) is 0 Å². The molecule has 2 nitrogen and oxygen atoms in total. The second-order valence-corrected chi connectivity index (χ2v) is 8.40. The molecule has 0 saturated heterocycles. The normalized spacial score (nSPS) is 11.1. The van der Waals surface area contributed by atoms with E-state index in [1.54, 1.807) is 0 Å². The van der Waals surface area contributed by atoms with E-state index in [9.17, 15) is 0 Å². The summed E-state index contributed by atoms with van der Waals surface area (Å²) in [6.07, 6.45) is 13.2. The lowest BCUT2D eigenvalue weighted by Gasteiger charge is -2.13. The van der Waals surface area contributed by atoms with Crippen molar-refractivity contribution < 1.29 is 9.47 Å². The highest BCUT2D eigenvalue weighted by atomic mass is 32.1. The summed E-state index contributed by atoms with van der Waals surface area (Å²) in [5.74, 6) is 1.66. The molecule has 2 aromatic rings. The van der Waals surface area contributed by atoms with Crippen LogP contribution in [0.4, 0.5) is 0 Å². The molecule has 0 aliphatic rings. The molecule has 0 bridgehead atoms. The van der Waals surface area contributed by atoms with Crippen LogP contribution in [0.25, 0.3) is 6.08 Å². The number of allylic oxidation sites excluding steroid dienone is 1. The quantitative estimate of drug-likeness (QED) is 0.121. The molecule has 0 N–H and O–H groups in total. The van der Waals surface area contributed by atoms with E-state index in [0.717, 1.165) is 66.4 Å². The third-order valence-corrected chi connectivity index (χ3v) is 5.55. The van der Waals surface area contributed by atoms with Gasteiger partial charge in [0.1, 0.15) is 0 Å². The molecule has 0 aliphatic heterocycles. The molecule has 0 amide bonds. The third-order valence-electron chi connectivity index (χ3n) is 5.18. The van der Waals surface area contributed by atoms with Gasteiger partial charge in [0, 0.05) is 4.86 Å². The zero-order valence-electron chi connectivity index (χ0n) is 19.5. The van der Waals surface area contributed by atoms with Gasteiger partial charge in [-0.1, -0.05) is 102 Å². The smallest absolute Gasteiger partial charge is 0.161 e. The second kappa shape index (κ2) is 14.8. The summed E-state index contributed by atoms with van der Waals surface area (Å²) in [5, 5.41) is 0. The van der Waals surface area contributed by atoms with Gasteiger partial charge in [-0.05, 0) is 54.2 Å². The molecule has 0 spiro atoms. The highest BCUT2D eigenvalue weighted by molar-refractivity contribution is 7.81. The van der Waals surface area contributed by atoms with Crippen molar-refractivity contribution in [1.82, 2.24) is 0 Å². The summed E-state index contributed by atoms with van der Waals surface area (Å²) < 4.78 is 12.1. The van der Waals surface area contributed by atoms with E-state index in [4.69, 9.17) is 21.7 Å². The molecule has 0 aromatic heterocycles. The molecule has 31 heavy (non-hydrogen) atoms. The van der Waals surface area contributed by atoms with Gasteiger partial charge in [0.15, 0.2) is 11.5 Å². The maximum absolute atomic E-state index is 6.07. The first-order valence-corrected chi connectivity index (χ1v) is 12.3. The van der Waals surface area contributed by atoms with Crippen molar-refractivity contribution in [3.63, 3.8) is 0 Å². The van der Waals surface area contributed by atoms with Crippen LogP contribution in [0.1, 0.15) is 82.4 Å². The fourth-order valence-corrected chi connectivity index (χ4v) is 3.53. The Morgan fingerprint density at radius 2 is 1.42 bits per heavy atom. The summed E-state index contributed by atoms with van der Waals surface area (Å²) in [4.78, 5) is 0.841. The Balaban J connectivity index is 2.06. The fraction of sp³-hybridized carbons (Fsp3) is 0.464. The Morgan fingerprint density at radius 3 is 2.03 bits per heavy atom. The lowest BCUT2D eigenvalue weighted by molar-refractivity contribution is 0.259. The third kappa shape index (κ3) is 9.26.